The zero-order valence-electron chi connectivity index (χ0n) is 17.6. The summed E-state index contributed by atoms with van der Waals surface area (Å²) in [6.45, 7) is 2.75. The fourth-order valence-corrected chi connectivity index (χ4v) is 4.48. The van der Waals surface area contributed by atoms with Gasteiger partial charge in [0.2, 0.25) is 11.8 Å². The monoisotopic (exact) mass is 409 g/mol. The number of fused-ring (bicyclic) bond motifs is 1. The third kappa shape index (κ3) is 3.61. The number of rotatable bonds is 5. The Bertz CT molecular complexity index is 961. The Hall–Kier alpha value is -3.06. The average Bonchev–Trinajstić information content (AvgIpc) is 3.26. The Kier molecular flexibility index (Phi) is 5.63. The number of carbonyl (C=O) groups excluding carboxylic acids is 2. The summed E-state index contributed by atoms with van der Waals surface area (Å²) in [5.41, 5.74) is 2.43. The Morgan fingerprint density at radius 2 is 1.97 bits per heavy atom. The number of amides is 2. The minimum Gasteiger partial charge on any atom is -0.497 e. The Balaban J connectivity index is 1.63. The van der Waals surface area contributed by atoms with Crippen molar-refractivity contribution in [3.05, 3.63) is 48.0 Å². The minimum atomic E-state index is -0.382. The van der Waals surface area contributed by atoms with Crippen LogP contribution >= 0.6 is 0 Å². The summed E-state index contributed by atoms with van der Waals surface area (Å²) in [5, 5.41) is 2.84. The number of para-hydroxylation sites is 2. The van der Waals surface area contributed by atoms with E-state index in [1.165, 1.54) is 0 Å². The van der Waals surface area contributed by atoms with Gasteiger partial charge in [-0.2, -0.15) is 0 Å². The fourth-order valence-electron chi connectivity index (χ4n) is 4.48. The molecule has 7 nitrogen and oxygen atoms in total. The number of benzene rings is 2. The quantitative estimate of drug-likeness (QED) is 0.821. The van der Waals surface area contributed by atoms with E-state index in [2.05, 4.69) is 10.2 Å². The van der Waals surface area contributed by atoms with Crippen LogP contribution in [0.15, 0.2) is 42.5 Å². The molecule has 0 radical (unpaired) electrons. The normalized spacial score (nSPS) is 19.8. The SMILES string of the molecule is COc1ccc(OC)c([C@H]2CCCN2[C@H](C)C(=O)N2CC(=O)Nc3ccccc32)c1. The lowest BCUT2D eigenvalue weighted by atomic mass is 10.0. The molecule has 0 saturated carbocycles. The van der Waals surface area contributed by atoms with Gasteiger partial charge in [-0.1, -0.05) is 12.1 Å². The van der Waals surface area contributed by atoms with Gasteiger partial charge in [-0.05, 0) is 56.6 Å². The van der Waals surface area contributed by atoms with E-state index in [9.17, 15) is 9.59 Å². The lowest BCUT2D eigenvalue weighted by Crippen LogP contribution is -2.51. The van der Waals surface area contributed by atoms with E-state index >= 15 is 0 Å². The molecule has 158 valence electrons. The zero-order valence-corrected chi connectivity index (χ0v) is 17.6. The van der Waals surface area contributed by atoms with Crippen molar-refractivity contribution in [3.8, 4) is 11.5 Å². The van der Waals surface area contributed by atoms with Gasteiger partial charge in [-0.15, -0.1) is 0 Å². The van der Waals surface area contributed by atoms with E-state index < -0.39 is 0 Å². The molecular weight excluding hydrogens is 382 g/mol. The van der Waals surface area contributed by atoms with Crippen LogP contribution in [0, 0.1) is 0 Å². The summed E-state index contributed by atoms with van der Waals surface area (Å²) >= 11 is 0. The first-order valence-electron chi connectivity index (χ1n) is 10.2. The molecule has 1 fully saturated rings. The summed E-state index contributed by atoms with van der Waals surface area (Å²) in [5.74, 6) is 1.29. The molecule has 30 heavy (non-hydrogen) atoms. The number of nitrogens with zero attached hydrogens (tertiary/aromatic N) is 2. The molecule has 2 aliphatic rings. The van der Waals surface area contributed by atoms with Crippen LogP contribution < -0.4 is 19.7 Å². The summed E-state index contributed by atoms with van der Waals surface area (Å²) in [6, 6.07) is 12.8. The maximum absolute atomic E-state index is 13.5. The molecular formula is C23H27N3O4. The Morgan fingerprint density at radius 1 is 1.17 bits per heavy atom. The molecule has 0 aliphatic carbocycles. The highest BCUT2D eigenvalue weighted by Crippen LogP contribution is 2.40. The smallest absolute Gasteiger partial charge is 0.244 e. The number of anilines is 2. The predicted molar refractivity (Wildman–Crippen MR) is 115 cm³/mol. The first kappa shape index (κ1) is 20.2. The molecule has 0 aromatic heterocycles. The van der Waals surface area contributed by atoms with Crippen LogP contribution in [0.25, 0.3) is 0 Å². The Labute approximate surface area is 176 Å². The highest BCUT2D eigenvalue weighted by Gasteiger charge is 2.38. The van der Waals surface area contributed by atoms with Gasteiger partial charge in [-0.3, -0.25) is 19.4 Å². The highest BCUT2D eigenvalue weighted by molar-refractivity contribution is 6.11. The average molecular weight is 409 g/mol. The lowest BCUT2D eigenvalue weighted by Gasteiger charge is -2.36. The molecule has 0 unspecified atom stereocenters. The second kappa shape index (κ2) is 8.36. The van der Waals surface area contributed by atoms with Gasteiger partial charge < -0.3 is 14.8 Å². The zero-order chi connectivity index (χ0) is 21.3. The minimum absolute atomic E-state index is 0.0289. The van der Waals surface area contributed by atoms with Crippen LogP contribution in [0.3, 0.4) is 0 Å². The molecule has 2 amide bonds. The van der Waals surface area contributed by atoms with Gasteiger partial charge in [0.05, 0.1) is 31.6 Å². The van der Waals surface area contributed by atoms with Crippen LogP contribution in [0.1, 0.15) is 31.4 Å². The molecule has 0 spiro atoms. The molecule has 1 saturated heterocycles. The van der Waals surface area contributed by atoms with Crippen molar-refractivity contribution >= 4 is 23.2 Å². The van der Waals surface area contributed by atoms with E-state index in [0.29, 0.717) is 5.69 Å². The molecule has 0 bridgehead atoms. The first-order valence-corrected chi connectivity index (χ1v) is 10.2. The first-order chi connectivity index (χ1) is 14.5. The summed E-state index contributed by atoms with van der Waals surface area (Å²) < 4.78 is 11.0. The van der Waals surface area contributed by atoms with Crippen LogP contribution in [0.4, 0.5) is 11.4 Å². The molecule has 7 heteroatoms. The van der Waals surface area contributed by atoms with Crippen molar-refractivity contribution < 1.29 is 19.1 Å². The Morgan fingerprint density at radius 3 is 2.73 bits per heavy atom. The summed E-state index contributed by atoms with van der Waals surface area (Å²) in [4.78, 5) is 29.5. The summed E-state index contributed by atoms with van der Waals surface area (Å²) in [7, 11) is 3.30. The summed E-state index contributed by atoms with van der Waals surface area (Å²) in [6.07, 6.45) is 1.91. The van der Waals surface area contributed by atoms with E-state index in [0.717, 1.165) is 42.1 Å². The van der Waals surface area contributed by atoms with Crippen molar-refractivity contribution in [1.29, 1.82) is 0 Å². The van der Waals surface area contributed by atoms with Crippen molar-refractivity contribution in [1.82, 2.24) is 4.90 Å². The van der Waals surface area contributed by atoms with Gasteiger partial charge in [0.1, 0.15) is 18.0 Å². The number of methoxy groups -OCH3 is 2. The predicted octanol–water partition coefficient (Wildman–Crippen LogP) is 3.21. The largest absolute Gasteiger partial charge is 0.497 e. The molecule has 4 rings (SSSR count). The highest BCUT2D eigenvalue weighted by atomic mass is 16.5. The van der Waals surface area contributed by atoms with Crippen molar-refractivity contribution in [2.45, 2.75) is 31.8 Å². The van der Waals surface area contributed by atoms with E-state index in [4.69, 9.17) is 9.47 Å². The third-order valence-electron chi connectivity index (χ3n) is 5.98. The standard InChI is InChI=1S/C23H27N3O4/c1-15(23(28)26-14-22(27)24-18-7-4-5-8-20(18)26)25-12-6-9-19(25)17-13-16(29-2)10-11-21(17)30-3/h4-5,7-8,10-11,13,15,19H,6,9,12,14H2,1-3H3,(H,24,27)/t15-,19-/m1/s1. The van der Waals surface area contributed by atoms with E-state index in [1.54, 1.807) is 19.1 Å². The second-order valence-electron chi connectivity index (χ2n) is 7.67. The molecule has 2 atom stereocenters. The van der Waals surface area contributed by atoms with Gasteiger partial charge >= 0.3 is 0 Å². The lowest BCUT2D eigenvalue weighted by molar-refractivity contribution is -0.125. The van der Waals surface area contributed by atoms with Crippen molar-refractivity contribution in [2.24, 2.45) is 0 Å². The van der Waals surface area contributed by atoms with Crippen LogP contribution in [0.5, 0.6) is 11.5 Å². The number of hydrogen-bond donors (Lipinski definition) is 1. The van der Waals surface area contributed by atoms with Gasteiger partial charge in [0.15, 0.2) is 0 Å². The van der Waals surface area contributed by atoms with Crippen LogP contribution in [0.2, 0.25) is 0 Å². The topological polar surface area (TPSA) is 71.1 Å². The van der Waals surface area contributed by atoms with Gasteiger partial charge in [-0.25, -0.2) is 0 Å². The van der Waals surface area contributed by atoms with Crippen molar-refractivity contribution in [2.75, 3.05) is 37.5 Å². The third-order valence-corrected chi connectivity index (χ3v) is 5.98. The van der Waals surface area contributed by atoms with Crippen LogP contribution in [-0.4, -0.2) is 50.1 Å². The second-order valence-corrected chi connectivity index (χ2v) is 7.67. The number of nitrogens with one attached hydrogen (secondary N) is 1. The molecule has 2 aliphatic heterocycles. The van der Waals surface area contributed by atoms with Crippen molar-refractivity contribution in [3.63, 3.8) is 0 Å². The van der Waals surface area contributed by atoms with E-state index in [1.807, 2.05) is 49.4 Å². The number of hydrogen-bond acceptors (Lipinski definition) is 5. The maximum atomic E-state index is 13.5. The molecule has 2 aromatic rings. The fraction of sp³-hybridized carbons (Fsp3) is 0.391. The molecule has 2 aromatic carbocycles. The molecule has 2 heterocycles. The van der Waals surface area contributed by atoms with Gasteiger partial charge in [0.25, 0.3) is 0 Å². The van der Waals surface area contributed by atoms with Crippen LogP contribution in [-0.2, 0) is 9.59 Å². The van der Waals surface area contributed by atoms with E-state index in [-0.39, 0.29) is 30.4 Å². The molecule has 1 N–H and O–H groups in total. The van der Waals surface area contributed by atoms with Gasteiger partial charge in [0, 0.05) is 11.6 Å². The number of carbonyl (C=O) groups is 2. The maximum Gasteiger partial charge on any atom is 0.244 e. The number of likely N-dealkylation sites (tertiary alicyclic amines) is 1. The number of ether oxygens (including phenoxy) is 2.